The van der Waals surface area contributed by atoms with Crippen LogP contribution in [0.4, 0.5) is 0 Å². The van der Waals surface area contributed by atoms with Gasteiger partial charge in [-0.2, -0.15) is 0 Å². The molecule has 2 rings (SSSR count). The Kier molecular flexibility index (Phi) is 5.53. The number of carbonyl (C=O) groups excluding carboxylic acids is 4. The Hall–Kier alpha value is -4.08. The van der Waals surface area contributed by atoms with E-state index in [2.05, 4.69) is 0 Å². The second kappa shape index (κ2) is 7.66. The zero-order valence-corrected chi connectivity index (χ0v) is 15.1. The largest absolute Gasteiger partial charge is 0.496 e. The Balaban J connectivity index is 3.19. The molecule has 146 valence electrons. The van der Waals surface area contributed by atoms with E-state index < -0.39 is 23.6 Å². The lowest BCUT2D eigenvalue weighted by Crippen LogP contribution is -2.24. The van der Waals surface area contributed by atoms with Gasteiger partial charge in [0.1, 0.15) is 11.5 Å². The fourth-order valence-electron chi connectivity index (χ4n) is 2.93. The van der Waals surface area contributed by atoms with Gasteiger partial charge in [-0.05, 0) is 24.3 Å². The summed E-state index contributed by atoms with van der Waals surface area (Å²) in [4.78, 5) is 48.1. The molecule has 2 aromatic carbocycles. The number of primary amides is 4. The van der Waals surface area contributed by atoms with Crippen molar-refractivity contribution in [2.45, 2.75) is 0 Å². The highest BCUT2D eigenvalue weighted by Gasteiger charge is 2.30. The lowest BCUT2D eigenvalue weighted by Gasteiger charge is -2.20. The first-order valence-corrected chi connectivity index (χ1v) is 7.77. The minimum atomic E-state index is -1.02. The maximum atomic E-state index is 12.2. The van der Waals surface area contributed by atoms with Crippen molar-refractivity contribution >= 4 is 23.6 Å². The quantitative estimate of drug-likeness (QED) is 0.507. The van der Waals surface area contributed by atoms with Gasteiger partial charge in [-0.25, -0.2) is 0 Å². The third kappa shape index (κ3) is 3.30. The van der Waals surface area contributed by atoms with Gasteiger partial charge in [-0.3, -0.25) is 19.2 Å². The van der Waals surface area contributed by atoms with E-state index in [4.69, 9.17) is 32.4 Å². The van der Waals surface area contributed by atoms with Crippen molar-refractivity contribution in [1.82, 2.24) is 0 Å². The molecule has 0 spiro atoms. The molecule has 0 saturated carbocycles. The van der Waals surface area contributed by atoms with Gasteiger partial charge >= 0.3 is 0 Å². The van der Waals surface area contributed by atoms with E-state index in [-0.39, 0.29) is 44.9 Å². The van der Waals surface area contributed by atoms with Crippen LogP contribution in [-0.4, -0.2) is 37.8 Å². The second-order valence-corrected chi connectivity index (χ2v) is 5.59. The summed E-state index contributed by atoms with van der Waals surface area (Å²) in [6, 6.07) is 5.20. The number of hydrogen-bond acceptors (Lipinski definition) is 6. The molecule has 2 aromatic rings. The van der Waals surface area contributed by atoms with E-state index >= 15 is 0 Å². The van der Waals surface area contributed by atoms with Gasteiger partial charge in [0, 0.05) is 11.1 Å². The van der Waals surface area contributed by atoms with Crippen LogP contribution in [0.1, 0.15) is 41.4 Å². The van der Waals surface area contributed by atoms with Gasteiger partial charge in [0.15, 0.2) is 0 Å². The lowest BCUT2D eigenvalue weighted by molar-refractivity contribution is 0.0966. The van der Waals surface area contributed by atoms with E-state index in [1.54, 1.807) is 0 Å². The third-order valence-electron chi connectivity index (χ3n) is 4.05. The number of benzene rings is 2. The van der Waals surface area contributed by atoms with Crippen molar-refractivity contribution in [2.24, 2.45) is 22.9 Å². The molecule has 0 saturated heterocycles. The molecular formula is C18H18N4O6. The first-order valence-electron chi connectivity index (χ1n) is 7.77. The smallest absolute Gasteiger partial charge is 0.250 e. The van der Waals surface area contributed by atoms with Gasteiger partial charge in [-0.1, -0.05) is 0 Å². The van der Waals surface area contributed by atoms with E-state index in [1.807, 2.05) is 0 Å². The summed E-state index contributed by atoms with van der Waals surface area (Å²) in [6.07, 6.45) is 0. The molecular weight excluding hydrogens is 368 g/mol. The van der Waals surface area contributed by atoms with Crippen molar-refractivity contribution in [3.63, 3.8) is 0 Å². The van der Waals surface area contributed by atoms with Crippen LogP contribution >= 0.6 is 0 Å². The summed E-state index contributed by atoms with van der Waals surface area (Å²) in [5.41, 5.74) is 20.4. The Morgan fingerprint density at radius 2 is 0.929 bits per heavy atom. The van der Waals surface area contributed by atoms with Crippen LogP contribution in [0.25, 0.3) is 11.1 Å². The number of amides is 4. The summed E-state index contributed by atoms with van der Waals surface area (Å²) in [6.45, 7) is 0. The standard InChI is InChI=1S/C18H18N4O6/c1-27-9-5-3-7(15(19)23)11(17(21)25)13(9)14-10(28-2)6-4-8(16(20)24)12(14)18(22)26/h3-6H,1-2H3,(H2,19,23)(H2,20,24)(H2,21,25)(H2,22,26). The number of carbonyl (C=O) groups is 4. The van der Waals surface area contributed by atoms with E-state index in [9.17, 15) is 19.2 Å². The summed E-state index contributed by atoms with van der Waals surface area (Å²) >= 11 is 0. The summed E-state index contributed by atoms with van der Waals surface area (Å²) in [5.74, 6) is -3.82. The Labute approximate surface area is 159 Å². The molecule has 0 unspecified atom stereocenters. The number of rotatable bonds is 7. The summed E-state index contributed by atoms with van der Waals surface area (Å²) in [7, 11) is 2.59. The minimum Gasteiger partial charge on any atom is -0.496 e. The average molecular weight is 386 g/mol. The molecule has 0 aliphatic rings. The fraction of sp³-hybridized carbons (Fsp3) is 0.111. The maximum absolute atomic E-state index is 12.2. The zero-order valence-electron chi connectivity index (χ0n) is 15.1. The van der Waals surface area contributed by atoms with E-state index in [1.165, 1.54) is 38.5 Å². The topological polar surface area (TPSA) is 191 Å². The van der Waals surface area contributed by atoms with Crippen LogP contribution in [0.3, 0.4) is 0 Å². The molecule has 0 fully saturated rings. The number of ether oxygens (including phenoxy) is 2. The van der Waals surface area contributed by atoms with Crippen LogP contribution in [0.5, 0.6) is 11.5 Å². The Bertz CT molecular complexity index is 934. The maximum Gasteiger partial charge on any atom is 0.250 e. The molecule has 4 amide bonds. The van der Waals surface area contributed by atoms with Crippen LogP contribution in [0.2, 0.25) is 0 Å². The summed E-state index contributed by atoms with van der Waals surface area (Å²) < 4.78 is 10.6. The highest BCUT2D eigenvalue weighted by Crippen LogP contribution is 2.43. The molecule has 0 aliphatic carbocycles. The average Bonchev–Trinajstić information content (AvgIpc) is 2.64. The highest BCUT2D eigenvalue weighted by atomic mass is 16.5. The van der Waals surface area contributed by atoms with Crippen molar-refractivity contribution in [3.05, 3.63) is 46.5 Å². The van der Waals surface area contributed by atoms with Gasteiger partial charge < -0.3 is 32.4 Å². The monoisotopic (exact) mass is 386 g/mol. The zero-order chi connectivity index (χ0) is 21.2. The van der Waals surface area contributed by atoms with Gasteiger partial charge in [0.25, 0.3) is 0 Å². The minimum absolute atomic E-state index is 0.0567. The molecule has 0 bridgehead atoms. The lowest BCUT2D eigenvalue weighted by atomic mass is 9.87. The Morgan fingerprint density at radius 3 is 1.14 bits per heavy atom. The van der Waals surface area contributed by atoms with Crippen molar-refractivity contribution in [1.29, 1.82) is 0 Å². The predicted octanol–water partition coefficient (Wildman–Crippen LogP) is -0.234. The third-order valence-corrected chi connectivity index (χ3v) is 4.05. The van der Waals surface area contributed by atoms with Crippen LogP contribution in [0.15, 0.2) is 24.3 Å². The van der Waals surface area contributed by atoms with Crippen molar-refractivity contribution < 1.29 is 28.7 Å². The van der Waals surface area contributed by atoms with Crippen molar-refractivity contribution in [3.8, 4) is 22.6 Å². The van der Waals surface area contributed by atoms with Crippen LogP contribution in [-0.2, 0) is 0 Å². The first-order chi connectivity index (χ1) is 13.1. The molecule has 0 atom stereocenters. The molecule has 10 heteroatoms. The van der Waals surface area contributed by atoms with Crippen LogP contribution in [0, 0.1) is 0 Å². The van der Waals surface area contributed by atoms with Crippen molar-refractivity contribution in [2.75, 3.05) is 14.2 Å². The van der Waals surface area contributed by atoms with E-state index in [0.717, 1.165) is 0 Å². The van der Waals surface area contributed by atoms with Gasteiger partial charge in [0.05, 0.1) is 36.5 Å². The summed E-state index contributed by atoms with van der Waals surface area (Å²) in [5, 5.41) is 0. The molecule has 10 nitrogen and oxygen atoms in total. The molecule has 0 aliphatic heterocycles. The number of nitrogens with two attached hydrogens (primary N) is 4. The second-order valence-electron chi connectivity index (χ2n) is 5.59. The molecule has 0 radical (unpaired) electrons. The molecule has 28 heavy (non-hydrogen) atoms. The Morgan fingerprint density at radius 1 is 0.607 bits per heavy atom. The first kappa shape index (κ1) is 20.2. The number of methoxy groups -OCH3 is 2. The fourth-order valence-corrected chi connectivity index (χ4v) is 2.93. The number of hydrogen-bond donors (Lipinski definition) is 4. The van der Waals surface area contributed by atoms with Crippen LogP contribution < -0.4 is 32.4 Å². The molecule has 8 N–H and O–H groups in total. The molecule has 0 heterocycles. The predicted molar refractivity (Wildman–Crippen MR) is 99.1 cm³/mol. The normalized spacial score (nSPS) is 10.2. The van der Waals surface area contributed by atoms with Gasteiger partial charge in [-0.15, -0.1) is 0 Å². The SMILES string of the molecule is COc1ccc(C(N)=O)c(C(N)=O)c1-c1c(OC)ccc(C(N)=O)c1C(N)=O. The van der Waals surface area contributed by atoms with E-state index in [0.29, 0.717) is 0 Å². The van der Waals surface area contributed by atoms with Gasteiger partial charge in [0.2, 0.25) is 23.6 Å². The molecule has 0 aromatic heterocycles. The highest BCUT2D eigenvalue weighted by molar-refractivity contribution is 6.16.